The Balaban J connectivity index is 1.60. The van der Waals surface area contributed by atoms with Crippen LogP contribution in [-0.2, 0) is 5.41 Å². The average Bonchev–Trinajstić information content (AvgIpc) is 2.87. The van der Waals surface area contributed by atoms with Gasteiger partial charge in [-0.25, -0.2) is 15.0 Å². The van der Waals surface area contributed by atoms with Gasteiger partial charge in [0.05, 0.1) is 35.0 Å². The second-order valence-electron chi connectivity index (χ2n) is 9.34. The van der Waals surface area contributed by atoms with Gasteiger partial charge in [-0.2, -0.15) is 5.26 Å². The minimum Gasteiger partial charge on any atom is -0.322 e. The van der Waals surface area contributed by atoms with E-state index in [1.807, 2.05) is 44.1 Å². The van der Waals surface area contributed by atoms with Gasteiger partial charge in [0.15, 0.2) is 5.84 Å². The summed E-state index contributed by atoms with van der Waals surface area (Å²) in [5.74, 6) is 0.430. The molecule has 0 unspecified atom stereocenters. The Hall–Kier alpha value is -4.58. The first-order valence-electron chi connectivity index (χ1n) is 11.5. The maximum Gasteiger partial charge on any atom is 0.255 e. The summed E-state index contributed by atoms with van der Waals surface area (Å²) in [6.07, 6.45) is 8.32. The molecule has 4 rings (SSSR count). The summed E-state index contributed by atoms with van der Waals surface area (Å²) in [7, 11) is 0. The minimum atomic E-state index is -0.794. The number of hydrogen-bond acceptors (Lipinski definition) is 8. The number of hydrazine groups is 1. The standard InChI is InChI=1S/C27H28N8O/c1-17-11-32-25(21-12-29-16-30-13-21)35(14-17)34-23-10-22(8-18(2)19(23)3)33-26(36)20-6-7-31-24(9-20)27(4,5)15-28/h6-13,16,34H,14H2,1-5H3,(H,33,36). The Labute approximate surface area is 210 Å². The number of nitriles is 1. The molecule has 1 aliphatic rings. The Morgan fingerprint density at radius 1 is 1.14 bits per heavy atom. The molecule has 0 saturated heterocycles. The molecule has 182 valence electrons. The first kappa shape index (κ1) is 24.5. The SMILES string of the molecule is CC1=CN=C(c2cncnc2)N(Nc2cc(NC(=O)c3ccnc(C(C)(C)C#N)c3)cc(C)c2C)C1. The number of carbonyl (C=O) groups is 1. The molecule has 2 N–H and O–H groups in total. The molecular weight excluding hydrogens is 452 g/mol. The summed E-state index contributed by atoms with van der Waals surface area (Å²) >= 11 is 0. The van der Waals surface area contributed by atoms with Gasteiger partial charge in [-0.15, -0.1) is 0 Å². The Kier molecular flexibility index (Phi) is 6.79. The molecule has 3 heterocycles. The Bertz CT molecular complexity index is 1400. The van der Waals surface area contributed by atoms with Gasteiger partial charge in [-0.3, -0.25) is 20.2 Å². The lowest BCUT2D eigenvalue weighted by Crippen LogP contribution is -2.40. The van der Waals surface area contributed by atoms with Crippen LogP contribution in [0.4, 0.5) is 11.4 Å². The quantitative estimate of drug-likeness (QED) is 0.532. The number of hydrogen-bond donors (Lipinski definition) is 2. The molecule has 36 heavy (non-hydrogen) atoms. The van der Waals surface area contributed by atoms with E-state index in [0.717, 1.165) is 28.0 Å². The lowest BCUT2D eigenvalue weighted by atomic mass is 9.90. The number of nitrogens with zero attached hydrogens (tertiary/aromatic N) is 6. The van der Waals surface area contributed by atoms with Crippen molar-refractivity contribution in [3.8, 4) is 6.07 Å². The number of anilines is 2. The number of benzene rings is 1. The Morgan fingerprint density at radius 2 is 1.89 bits per heavy atom. The second kappa shape index (κ2) is 9.96. The molecule has 2 aromatic heterocycles. The third kappa shape index (κ3) is 5.23. The van der Waals surface area contributed by atoms with Gasteiger partial charge in [0.25, 0.3) is 5.91 Å². The zero-order valence-electron chi connectivity index (χ0n) is 21.0. The van der Waals surface area contributed by atoms with Gasteiger partial charge in [0.1, 0.15) is 6.33 Å². The summed E-state index contributed by atoms with van der Waals surface area (Å²) in [5, 5.41) is 14.3. The van der Waals surface area contributed by atoms with Crippen molar-refractivity contribution in [1.29, 1.82) is 5.26 Å². The number of aromatic nitrogens is 3. The Morgan fingerprint density at radius 3 is 2.61 bits per heavy atom. The number of carbonyl (C=O) groups excluding carboxylic acids is 1. The van der Waals surface area contributed by atoms with Crippen LogP contribution < -0.4 is 10.7 Å². The van der Waals surface area contributed by atoms with Crippen molar-refractivity contribution in [2.75, 3.05) is 17.3 Å². The molecule has 0 fully saturated rings. The lowest BCUT2D eigenvalue weighted by molar-refractivity contribution is 0.102. The molecule has 0 radical (unpaired) electrons. The highest BCUT2D eigenvalue weighted by Gasteiger charge is 2.23. The van der Waals surface area contributed by atoms with Crippen molar-refractivity contribution < 1.29 is 4.79 Å². The molecule has 0 aliphatic carbocycles. The van der Waals surface area contributed by atoms with Crippen molar-refractivity contribution in [3.05, 3.63) is 88.9 Å². The molecule has 1 aromatic carbocycles. The second-order valence-corrected chi connectivity index (χ2v) is 9.34. The molecule has 9 heteroatoms. The number of rotatable bonds is 6. The van der Waals surface area contributed by atoms with Crippen LogP contribution in [0.1, 0.15) is 53.5 Å². The molecule has 0 atom stereocenters. The van der Waals surface area contributed by atoms with Gasteiger partial charge in [-0.05, 0) is 75.6 Å². The highest BCUT2D eigenvalue weighted by Crippen LogP contribution is 2.27. The van der Waals surface area contributed by atoms with Crippen LogP contribution >= 0.6 is 0 Å². The predicted octanol–water partition coefficient (Wildman–Crippen LogP) is 4.54. The first-order valence-corrected chi connectivity index (χ1v) is 11.5. The highest BCUT2D eigenvalue weighted by atomic mass is 16.1. The largest absolute Gasteiger partial charge is 0.322 e. The molecule has 0 spiro atoms. The van der Waals surface area contributed by atoms with E-state index >= 15 is 0 Å². The van der Waals surface area contributed by atoms with E-state index in [2.05, 4.69) is 36.8 Å². The predicted molar refractivity (Wildman–Crippen MR) is 139 cm³/mol. The van der Waals surface area contributed by atoms with Gasteiger partial charge in [0.2, 0.25) is 0 Å². The van der Waals surface area contributed by atoms with Crippen molar-refractivity contribution in [3.63, 3.8) is 0 Å². The molecule has 1 aliphatic heterocycles. The smallest absolute Gasteiger partial charge is 0.255 e. The van der Waals surface area contributed by atoms with Crippen molar-refractivity contribution >= 4 is 23.1 Å². The molecule has 3 aromatic rings. The van der Waals surface area contributed by atoms with Crippen LogP contribution in [0, 0.1) is 25.2 Å². The third-order valence-corrected chi connectivity index (χ3v) is 6.01. The molecule has 0 bridgehead atoms. The number of aliphatic imine (C=N–C) groups is 1. The van der Waals surface area contributed by atoms with E-state index in [9.17, 15) is 10.1 Å². The number of amidine groups is 1. The van der Waals surface area contributed by atoms with Crippen LogP contribution in [-0.4, -0.2) is 38.2 Å². The van der Waals surface area contributed by atoms with E-state index in [1.54, 1.807) is 44.6 Å². The van der Waals surface area contributed by atoms with Crippen LogP contribution in [0.15, 0.2) is 65.9 Å². The van der Waals surface area contributed by atoms with E-state index in [1.165, 1.54) is 6.33 Å². The van der Waals surface area contributed by atoms with E-state index in [0.29, 0.717) is 29.3 Å². The molecule has 1 amide bonds. The van der Waals surface area contributed by atoms with Gasteiger partial charge in [0, 0.05) is 36.0 Å². The molecule has 9 nitrogen and oxygen atoms in total. The summed E-state index contributed by atoms with van der Waals surface area (Å²) < 4.78 is 0. The summed E-state index contributed by atoms with van der Waals surface area (Å²) in [6.45, 7) is 10.2. The van der Waals surface area contributed by atoms with Crippen LogP contribution in [0.5, 0.6) is 0 Å². The number of aryl methyl sites for hydroxylation is 1. The maximum atomic E-state index is 13.1. The monoisotopic (exact) mass is 480 g/mol. The third-order valence-electron chi connectivity index (χ3n) is 6.01. The van der Waals surface area contributed by atoms with Crippen molar-refractivity contribution in [1.82, 2.24) is 20.0 Å². The van der Waals surface area contributed by atoms with E-state index < -0.39 is 5.41 Å². The lowest BCUT2D eigenvalue weighted by Gasteiger charge is -2.31. The topological polar surface area (TPSA) is 119 Å². The summed E-state index contributed by atoms with van der Waals surface area (Å²) in [6, 6.07) is 9.35. The maximum absolute atomic E-state index is 13.1. The van der Waals surface area contributed by atoms with Gasteiger partial charge in [-0.1, -0.05) is 0 Å². The fourth-order valence-electron chi connectivity index (χ4n) is 3.71. The molecule has 0 saturated carbocycles. The fourth-order valence-corrected chi connectivity index (χ4v) is 3.71. The van der Waals surface area contributed by atoms with Crippen LogP contribution in [0.25, 0.3) is 0 Å². The summed E-state index contributed by atoms with van der Waals surface area (Å²) in [5.41, 5.74) is 9.09. The average molecular weight is 481 g/mol. The van der Waals surface area contributed by atoms with Gasteiger partial charge < -0.3 is 5.32 Å². The van der Waals surface area contributed by atoms with Crippen LogP contribution in [0.3, 0.4) is 0 Å². The number of amides is 1. The zero-order chi connectivity index (χ0) is 25.9. The van der Waals surface area contributed by atoms with Gasteiger partial charge >= 0.3 is 0 Å². The minimum absolute atomic E-state index is 0.276. The summed E-state index contributed by atoms with van der Waals surface area (Å²) in [4.78, 5) is 30.2. The van der Waals surface area contributed by atoms with Crippen LogP contribution in [0.2, 0.25) is 0 Å². The first-order chi connectivity index (χ1) is 17.2. The van der Waals surface area contributed by atoms with Crippen molar-refractivity contribution in [2.24, 2.45) is 4.99 Å². The number of pyridine rings is 1. The highest BCUT2D eigenvalue weighted by molar-refractivity contribution is 6.05. The van der Waals surface area contributed by atoms with E-state index in [-0.39, 0.29) is 5.91 Å². The normalized spacial score (nSPS) is 13.4. The zero-order valence-corrected chi connectivity index (χ0v) is 21.0. The van der Waals surface area contributed by atoms with Crippen molar-refractivity contribution in [2.45, 2.75) is 40.0 Å². The number of nitrogens with one attached hydrogen (secondary N) is 2. The molecular formula is C27H28N8O. The van der Waals surface area contributed by atoms with E-state index in [4.69, 9.17) is 0 Å². The fraction of sp³-hybridized carbons (Fsp3) is 0.259.